The molecule has 0 saturated carbocycles. The van der Waals surface area contributed by atoms with Crippen molar-refractivity contribution in [3.05, 3.63) is 0 Å². The van der Waals surface area contributed by atoms with Crippen LogP contribution in [0.4, 0.5) is 0 Å². The van der Waals surface area contributed by atoms with Crippen LogP contribution in [0.25, 0.3) is 0 Å². The van der Waals surface area contributed by atoms with Gasteiger partial charge in [0.15, 0.2) is 0 Å². The van der Waals surface area contributed by atoms with Crippen molar-refractivity contribution in [1.82, 2.24) is 5.73 Å². The molecule has 0 aliphatic carbocycles. The fourth-order valence-corrected chi connectivity index (χ4v) is 0.500. The highest BCUT2D eigenvalue weighted by Gasteiger charge is 2.18. The minimum absolute atomic E-state index is 0.125. The van der Waals surface area contributed by atoms with E-state index in [-0.39, 0.29) is 6.54 Å². The zero-order valence-corrected chi connectivity index (χ0v) is 5.57. The molecule has 49 valence electrons. The Hall–Kier alpha value is -0.0800. The van der Waals surface area contributed by atoms with Crippen LogP contribution >= 0.6 is 0 Å². The standard InChI is InChI=1S/C6H14NO/c1-3-6(8,4-2)5-7/h7-8H,3-5H2,1-2H3. The van der Waals surface area contributed by atoms with Gasteiger partial charge in [-0.3, -0.25) is 5.73 Å². The van der Waals surface area contributed by atoms with Gasteiger partial charge in [0, 0.05) is 6.54 Å². The van der Waals surface area contributed by atoms with Gasteiger partial charge in [-0.2, -0.15) is 0 Å². The van der Waals surface area contributed by atoms with E-state index in [9.17, 15) is 5.11 Å². The van der Waals surface area contributed by atoms with Gasteiger partial charge in [0.1, 0.15) is 0 Å². The van der Waals surface area contributed by atoms with Crippen molar-refractivity contribution in [1.29, 1.82) is 0 Å². The molecule has 0 heterocycles. The number of nitrogens with one attached hydrogen (secondary N) is 1. The quantitative estimate of drug-likeness (QED) is 0.583. The Morgan fingerprint density at radius 1 is 1.38 bits per heavy atom. The normalized spacial score (nSPS) is 12.0. The molecule has 0 fully saturated rings. The molecule has 2 N–H and O–H groups in total. The molecule has 0 rings (SSSR count). The molecule has 0 aromatic heterocycles. The molecule has 0 unspecified atom stereocenters. The largest absolute Gasteiger partial charge is 0.389 e. The highest BCUT2D eigenvalue weighted by Crippen LogP contribution is 2.11. The van der Waals surface area contributed by atoms with Crippen LogP contribution in [0.5, 0.6) is 0 Å². The summed E-state index contributed by atoms with van der Waals surface area (Å²) in [7, 11) is 0. The van der Waals surface area contributed by atoms with Crippen molar-refractivity contribution in [3.63, 3.8) is 0 Å². The fourth-order valence-electron chi connectivity index (χ4n) is 0.500. The van der Waals surface area contributed by atoms with E-state index in [4.69, 9.17) is 5.73 Å². The molecule has 0 bridgehead atoms. The monoisotopic (exact) mass is 116 g/mol. The molecule has 2 heteroatoms. The van der Waals surface area contributed by atoms with Crippen LogP contribution in [0.15, 0.2) is 0 Å². The average molecular weight is 116 g/mol. The summed E-state index contributed by atoms with van der Waals surface area (Å²) in [6.07, 6.45) is 1.38. The molecule has 0 aromatic rings. The van der Waals surface area contributed by atoms with Gasteiger partial charge in [0.2, 0.25) is 0 Å². The first kappa shape index (κ1) is 7.92. The van der Waals surface area contributed by atoms with E-state index in [1.807, 2.05) is 13.8 Å². The van der Waals surface area contributed by atoms with Crippen molar-refractivity contribution in [3.8, 4) is 0 Å². The van der Waals surface area contributed by atoms with E-state index in [1.165, 1.54) is 0 Å². The predicted octanol–water partition coefficient (Wildman–Crippen LogP) is 0.820. The van der Waals surface area contributed by atoms with Crippen LogP contribution in [-0.4, -0.2) is 17.3 Å². The van der Waals surface area contributed by atoms with Gasteiger partial charge >= 0.3 is 0 Å². The van der Waals surface area contributed by atoms with E-state index in [1.54, 1.807) is 0 Å². The van der Waals surface area contributed by atoms with Crippen molar-refractivity contribution in [2.75, 3.05) is 6.54 Å². The zero-order chi connectivity index (χ0) is 6.62. The smallest absolute Gasteiger partial charge is 0.0780 e. The topological polar surface area (TPSA) is 44.0 Å². The Morgan fingerprint density at radius 2 is 1.75 bits per heavy atom. The summed E-state index contributed by atoms with van der Waals surface area (Å²) in [4.78, 5) is 0. The van der Waals surface area contributed by atoms with E-state index < -0.39 is 5.60 Å². The SMILES string of the molecule is CCC(O)(CC)C[NH]. The first-order valence-electron chi connectivity index (χ1n) is 3.05. The molecule has 0 aliphatic heterocycles. The minimum Gasteiger partial charge on any atom is -0.389 e. The van der Waals surface area contributed by atoms with Gasteiger partial charge in [-0.05, 0) is 12.8 Å². The van der Waals surface area contributed by atoms with Gasteiger partial charge in [0.25, 0.3) is 0 Å². The summed E-state index contributed by atoms with van der Waals surface area (Å²) in [5, 5.41) is 9.25. The summed E-state index contributed by atoms with van der Waals surface area (Å²) in [5.74, 6) is 0. The maximum absolute atomic E-state index is 9.25. The third-order valence-corrected chi connectivity index (χ3v) is 1.65. The molecular formula is C6H14NO. The summed E-state index contributed by atoms with van der Waals surface area (Å²) < 4.78 is 0. The summed E-state index contributed by atoms with van der Waals surface area (Å²) in [5.41, 5.74) is 6.20. The van der Waals surface area contributed by atoms with Gasteiger partial charge in [-0.25, -0.2) is 0 Å². The van der Waals surface area contributed by atoms with Crippen LogP contribution < -0.4 is 5.73 Å². The van der Waals surface area contributed by atoms with Crippen molar-refractivity contribution < 1.29 is 5.11 Å². The van der Waals surface area contributed by atoms with E-state index >= 15 is 0 Å². The lowest BCUT2D eigenvalue weighted by molar-refractivity contribution is 0.0398. The Bertz CT molecular complexity index is 51.3. The molecule has 0 spiro atoms. The molecule has 0 aliphatic rings. The Balaban J connectivity index is 3.58. The van der Waals surface area contributed by atoms with Crippen LogP contribution in [0.3, 0.4) is 0 Å². The Morgan fingerprint density at radius 3 is 1.75 bits per heavy atom. The summed E-state index contributed by atoms with van der Waals surface area (Å²) in [6, 6.07) is 0. The molecule has 2 nitrogen and oxygen atoms in total. The van der Waals surface area contributed by atoms with Crippen LogP contribution in [0.2, 0.25) is 0 Å². The highest BCUT2D eigenvalue weighted by molar-refractivity contribution is 4.74. The second-order valence-corrected chi connectivity index (χ2v) is 2.11. The third-order valence-electron chi connectivity index (χ3n) is 1.65. The number of hydrogen-bond acceptors (Lipinski definition) is 1. The van der Waals surface area contributed by atoms with Crippen molar-refractivity contribution >= 4 is 0 Å². The first-order valence-corrected chi connectivity index (χ1v) is 3.05. The lowest BCUT2D eigenvalue weighted by Gasteiger charge is -2.21. The second-order valence-electron chi connectivity index (χ2n) is 2.11. The van der Waals surface area contributed by atoms with Gasteiger partial charge < -0.3 is 5.11 Å². The lowest BCUT2D eigenvalue weighted by atomic mass is 9.98. The van der Waals surface area contributed by atoms with Gasteiger partial charge in [-0.15, -0.1) is 0 Å². The molecule has 0 atom stereocenters. The minimum atomic E-state index is -0.708. The van der Waals surface area contributed by atoms with Crippen LogP contribution in [0.1, 0.15) is 26.7 Å². The lowest BCUT2D eigenvalue weighted by Crippen LogP contribution is -2.31. The maximum atomic E-state index is 9.25. The predicted molar refractivity (Wildman–Crippen MR) is 33.5 cm³/mol. The average Bonchev–Trinajstić information content (AvgIpc) is 1.87. The number of rotatable bonds is 3. The molecular weight excluding hydrogens is 102 g/mol. The summed E-state index contributed by atoms with van der Waals surface area (Å²) in [6.45, 7) is 3.93. The highest BCUT2D eigenvalue weighted by atomic mass is 16.3. The van der Waals surface area contributed by atoms with E-state index in [2.05, 4.69) is 0 Å². The van der Waals surface area contributed by atoms with Crippen molar-refractivity contribution in [2.45, 2.75) is 32.3 Å². The zero-order valence-electron chi connectivity index (χ0n) is 5.57. The van der Waals surface area contributed by atoms with E-state index in [0.29, 0.717) is 12.8 Å². The molecule has 0 amide bonds. The Labute approximate surface area is 50.7 Å². The maximum Gasteiger partial charge on any atom is 0.0780 e. The van der Waals surface area contributed by atoms with Crippen LogP contribution in [0, 0.1) is 0 Å². The molecule has 1 radical (unpaired) electrons. The fraction of sp³-hybridized carbons (Fsp3) is 1.00. The molecule has 8 heavy (non-hydrogen) atoms. The van der Waals surface area contributed by atoms with Gasteiger partial charge in [0.05, 0.1) is 5.60 Å². The molecule has 0 saturated heterocycles. The number of aliphatic hydroxyl groups is 1. The van der Waals surface area contributed by atoms with Gasteiger partial charge in [-0.1, -0.05) is 13.8 Å². The first-order chi connectivity index (χ1) is 3.68. The second kappa shape index (κ2) is 3.05. The van der Waals surface area contributed by atoms with E-state index in [0.717, 1.165) is 0 Å². The Kier molecular flexibility index (Phi) is 3.02. The van der Waals surface area contributed by atoms with Crippen molar-refractivity contribution in [2.24, 2.45) is 0 Å². The van der Waals surface area contributed by atoms with Crippen LogP contribution in [-0.2, 0) is 0 Å². The number of hydrogen-bond donors (Lipinski definition) is 1. The third kappa shape index (κ3) is 1.80. The molecule has 0 aromatic carbocycles. The summed E-state index contributed by atoms with van der Waals surface area (Å²) >= 11 is 0.